The lowest BCUT2D eigenvalue weighted by Crippen LogP contribution is -2.55. The maximum atomic E-state index is 13.8. The van der Waals surface area contributed by atoms with E-state index < -0.39 is 41.5 Å². The Morgan fingerprint density at radius 3 is 2.44 bits per heavy atom. The molecule has 1 aliphatic heterocycles. The van der Waals surface area contributed by atoms with Gasteiger partial charge in [-0.2, -0.15) is 0 Å². The summed E-state index contributed by atoms with van der Waals surface area (Å²) in [6.07, 6.45) is 8.59. The Bertz CT molecular complexity index is 1500. The standard InChI is InChI=1S/C31H35BrN6O5/c32-21-11-12-26-35-25(18-38(26)17-21)30(42)37-24(15-19-7-3-1-4-8-19)29(41)36-23(16-20-13-14-33-28(20)40)27(39)31(43)34-22-9-5-2-6-10-22/h1,3-4,7-8,11-12,17-18,20,22-24H,2,5-6,9-10,13-16H2,(H,33,40)(H,34,43)(H,36,41)(H,37,42)/t20-,23-,24-/m0/s1. The van der Waals surface area contributed by atoms with Crippen molar-refractivity contribution in [3.63, 3.8) is 0 Å². The minimum absolute atomic E-state index is 0.0121. The number of Topliss-reactive ketones (excluding diaryl/α,β-unsaturated/α-hetero) is 1. The molecule has 1 aromatic carbocycles. The van der Waals surface area contributed by atoms with Crippen molar-refractivity contribution in [3.8, 4) is 0 Å². The number of nitrogens with zero attached hydrogens (tertiary/aromatic N) is 2. The van der Waals surface area contributed by atoms with Crippen molar-refractivity contribution < 1.29 is 24.0 Å². The Kier molecular flexibility index (Phi) is 9.86. The first-order valence-corrected chi connectivity index (χ1v) is 15.5. The van der Waals surface area contributed by atoms with E-state index in [-0.39, 0.29) is 30.5 Å². The van der Waals surface area contributed by atoms with Crippen LogP contribution in [0.1, 0.15) is 61.0 Å². The van der Waals surface area contributed by atoms with Gasteiger partial charge in [0.1, 0.15) is 17.4 Å². The molecule has 3 aromatic rings. The summed E-state index contributed by atoms with van der Waals surface area (Å²) in [6.45, 7) is 0.467. The van der Waals surface area contributed by atoms with Crippen LogP contribution in [0.5, 0.6) is 0 Å². The van der Waals surface area contributed by atoms with Gasteiger partial charge in [-0.25, -0.2) is 4.98 Å². The van der Waals surface area contributed by atoms with Crippen LogP contribution in [0.2, 0.25) is 0 Å². The summed E-state index contributed by atoms with van der Waals surface area (Å²) in [5, 5.41) is 11.1. The Hall–Kier alpha value is -4.06. The van der Waals surface area contributed by atoms with Crippen LogP contribution in [0, 0.1) is 5.92 Å². The summed E-state index contributed by atoms with van der Waals surface area (Å²) in [7, 11) is 0. The maximum absolute atomic E-state index is 13.8. The molecule has 43 heavy (non-hydrogen) atoms. The molecule has 226 valence electrons. The zero-order valence-corrected chi connectivity index (χ0v) is 25.3. The fraction of sp³-hybridized carbons (Fsp3) is 0.419. The highest BCUT2D eigenvalue weighted by molar-refractivity contribution is 9.10. The minimum Gasteiger partial charge on any atom is -0.356 e. The molecule has 4 N–H and O–H groups in total. The number of hydrogen-bond donors (Lipinski definition) is 4. The lowest BCUT2D eigenvalue weighted by atomic mass is 9.93. The molecule has 2 fully saturated rings. The van der Waals surface area contributed by atoms with Gasteiger partial charge >= 0.3 is 0 Å². The van der Waals surface area contributed by atoms with Crippen LogP contribution in [0.25, 0.3) is 5.65 Å². The van der Waals surface area contributed by atoms with E-state index in [1.54, 1.807) is 22.9 Å². The third-order valence-electron chi connectivity index (χ3n) is 8.03. The second kappa shape index (κ2) is 13.9. The third-order valence-corrected chi connectivity index (χ3v) is 8.50. The van der Waals surface area contributed by atoms with E-state index >= 15 is 0 Å². The number of amides is 4. The predicted octanol–water partition coefficient (Wildman–Crippen LogP) is 2.47. The topological polar surface area (TPSA) is 151 Å². The van der Waals surface area contributed by atoms with Gasteiger partial charge in [0.05, 0.1) is 6.04 Å². The van der Waals surface area contributed by atoms with Crippen LogP contribution in [0.3, 0.4) is 0 Å². The summed E-state index contributed by atoms with van der Waals surface area (Å²) in [5.74, 6) is -3.50. The van der Waals surface area contributed by atoms with Crippen LogP contribution in [-0.2, 0) is 25.6 Å². The molecule has 2 aliphatic rings. The molecule has 0 spiro atoms. The fourth-order valence-electron chi connectivity index (χ4n) is 5.69. The number of imidazole rings is 1. The van der Waals surface area contributed by atoms with Gasteiger partial charge in [0, 0.05) is 41.8 Å². The van der Waals surface area contributed by atoms with Crippen molar-refractivity contribution >= 4 is 51.0 Å². The van der Waals surface area contributed by atoms with Gasteiger partial charge in [-0.1, -0.05) is 49.6 Å². The van der Waals surface area contributed by atoms with E-state index in [0.717, 1.165) is 42.1 Å². The van der Waals surface area contributed by atoms with E-state index in [2.05, 4.69) is 42.2 Å². The average molecular weight is 652 g/mol. The molecule has 3 atom stereocenters. The molecular formula is C31H35BrN6O5. The van der Waals surface area contributed by atoms with Gasteiger partial charge in [0.2, 0.25) is 17.6 Å². The first-order valence-electron chi connectivity index (χ1n) is 14.7. The molecule has 1 saturated carbocycles. The summed E-state index contributed by atoms with van der Waals surface area (Å²) in [4.78, 5) is 70.3. The van der Waals surface area contributed by atoms with E-state index in [4.69, 9.17) is 0 Å². The highest BCUT2D eigenvalue weighted by Crippen LogP contribution is 2.20. The lowest BCUT2D eigenvalue weighted by molar-refractivity contribution is -0.141. The van der Waals surface area contributed by atoms with Crippen molar-refractivity contribution in [2.75, 3.05) is 6.54 Å². The number of ketones is 1. The molecule has 1 saturated heterocycles. The van der Waals surface area contributed by atoms with Crippen molar-refractivity contribution in [1.82, 2.24) is 30.7 Å². The van der Waals surface area contributed by atoms with Gasteiger partial charge in [0.15, 0.2) is 0 Å². The smallest absolute Gasteiger partial charge is 0.289 e. The van der Waals surface area contributed by atoms with Crippen molar-refractivity contribution in [1.29, 1.82) is 0 Å². The molecule has 0 bridgehead atoms. The second-order valence-electron chi connectivity index (χ2n) is 11.2. The van der Waals surface area contributed by atoms with Crippen molar-refractivity contribution in [2.45, 2.75) is 69.5 Å². The van der Waals surface area contributed by atoms with Gasteiger partial charge < -0.3 is 25.7 Å². The molecule has 0 radical (unpaired) electrons. The van der Waals surface area contributed by atoms with Gasteiger partial charge in [0.25, 0.3) is 11.8 Å². The quantitative estimate of drug-likeness (QED) is 0.234. The predicted molar refractivity (Wildman–Crippen MR) is 162 cm³/mol. The number of hydrogen-bond acceptors (Lipinski definition) is 6. The van der Waals surface area contributed by atoms with Crippen LogP contribution >= 0.6 is 15.9 Å². The van der Waals surface area contributed by atoms with Crippen LogP contribution in [0.4, 0.5) is 0 Å². The normalized spacial score (nSPS) is 18.4. The first kappa shape index (κ1) is 30.4. The number of aromatic nitrogens is 2. The monoisotopic (exact) mass is 650 g/mol. The number of pyridine rings is 1. The van der Waals surface area contributed by atoms with Crippen LogP contribution in [-0.4, -0.2) is 63.5 Å². The van der Waals surface area contributed by atoms with E-state index in [1.165, 1.54) is 0 Å². The molecular weight excluding hydrogens is 616 g/mol. The van der Waals surface area contributed by atoms with Crippen molar-refractivity contribution in [2.24, 2.45) is 5.92 Å². The number of rotatable bonds is 11. The number of carbonyl (C=O) groups excluding carboxylic acids is 5. The van der Waals surface area contributed by atoms with Gasteiger partial charge in [-0.3, -0.25) is 24.0 Å². The second-order valence-corrected chi connectivity index (χ2v) is 12.1. The molecule has 0 unspecified atom stereocenters. The van der Waals surface area contributed by atoms with E-state index in [0.29, 0.717) is 18.6 Å². The maximum Gasteiger partial charge on any atom is 0.289 e. The number of nitrogens with one attached hydrogen (secondary N) is 4. The van der Waals surface area contributed by atoms with Crippen LogP contribution < -0.4 is 21.3 Å². The zero-order chi connectivity index (χ0) is 30.3. The Morgan fingerprint density at radius 1 is 0.953 bits per heavy atom. The minimum atomic E-state index is -1.23. The lowest BCUT2D eigenvalue weighted by Gasteiger charge is -2.26. The number of carbonyl (C=O) groups is 5. The highest BCUT2D eigenvalue weighted by atomic mass is 79.9. The Morgan fingerprint density at radius 2 is 1.72 bits per heavy atom. The molecule has 1 aliphatic carbocycles. The fourth-order valence-corrected chi connectivity index (χ4v) is 6.04. The first-order chi connectivity index (χ1) is 20.8. The SMILES string of the molecule is O=C(NC1CCCCC1)C(=O)[C@H](C[C@@H]1CCNC1=O)NC(=O)[C@H](Cc1ccccc1)NC(=O)c1cn2cc(Br)ccc2n1. The number of benzene rings is 1. The van der Waals surface area contributed by atoms with E-state index in [9.17, 15) is 24.0 Å². The van der Waals surface area contributed by atoms with Crippen LogP contribution in [0.15, 0.2) is 59.3 Å². The number of halogens is 1. The molecule has 12 heteroatoms. The summed E-state index contributed by atoms with van der Waals surface area (Å²) in [5.41, 5.74) is 1.46. The molecule has 2 aromatic heterocycles. The Balaban J connectivity index is 1.35. The third kappa shape index (κ3) is 7.86. The molecule has 11 nitrogen and oxygen atoms in total. The zero-order valence-electron chi connectivity index (χ0n) is 23.7. The largest absolute Gasteiger partial charge is 0.356 e. The number of fused-ring (bicyclic) bond motifs is 1. The summed E-state index contributed by atoms with van der Waals surface area (Å²) >= 11 is 3.40. The highest BCUT2D eigenvalue weighted by Gasteiger charge is 2.36. The average Bonchev–Trinajstić information content (AvgIpc) is 3.62. The summed E-state index contributed by atoms with van der Waals surface area (Å²) < 4.78 is 2.50. The van der Waals surface area contributed by atoms with Gasteiger partial charge in [-0.05, 0) is 59.3 Å². The molecule has 5 rings (SSSR count). The van der Waals surface area contributed by atoms with Crippen molar-refractivity contribution in [3.05, 3.63) is 70.6 Å². The molecule has 4 amide bonds. The molecule has 3 heterocycles. The van der Waals surface area contributed by atoms with E-state index in [1.807, 2.05) is 36.4 Å². The Labute approximate surface area is 257 Å². The summed E-state index contributed by atoms with van der Waals surface area (Å²) in [6, 6.07) is 10.3. The van der Waals surface area contributed by atoms with Gasteiger partial charge in [-0.15, -0.1) is 0 Å².